The highest BCUT2D eigenvalue weighted by Gasteiger charge is 2.37. The lowest BCUT2D eigenvalue weighted by atomic mass is 9.90. The van der Waals surface area contributed by atoms with Crippen LogP contribution in [0.2, 0.25) is 0 Å². The van der Waals surface area contributed by atoms with Crippen molar-refractivity contribution in [1.29, 1.82) is 0 Å². The molecule has 4 nitrogen and oxygen atoms in total. The van der Waals surface area contributed by atoms with E-state index < -0.39 is 0 Å². The van der Waals surface area contributed by atoms with E-state index in [2.05, 4.69) is 13.8 Å². The number of ether oxygens (including phenoxy) is 1. The minimum atomic E-state index is -0.279. The number of Topliss-reactive ketones (excluding diaryl/α,β-unsaturated/α-hetero) is 1. The van der Waals surface area contributed by atoms with Gasteiger partial charge in [0, 0.05) is 24.9 Å². The summed E-state index contributed by atoms with van der Waals surface area (Å²) in [4.78, 5) is 26.5. The summed E-state index contributed by atoms with van der Waals surface area (Å²) in [6, 6.07) is 9.67. The van der Waals surface area contributed by atoms with E-state index in [1.54, 1.807) is 0 Å². The smallest absolute Gasteiger partial charge is 0.410 e. The van der Waals surface area contributed by atoms with Gasteiger partial charge in [0.1, 0.15) is 12.4 Å². The summed E-state index contributed by atoms with van der Waals surface area (Å²) in [6.45, 7) is 4.45. The van der Waals surface area contributed by atoms with Gasteiger partial charge in [0.2, 0.25) is 0 Å². The number of carbonyl (C=O) groups excluding carboxylic acids is 2. The molecular weight excluding hydrogens is 290 g/mol. The second-order valence-electron chi connectivity index (χ2n) is 6.28. The summed E-state index contributed by atoms with van der Waals surface area (Å²) in [6.07, 6.45) is 4.28. The number of carbonyl (C=O) groups is 2. The quantitative estimate of drug-likeness (QED) is 0.784. The van der Waals surface area contributed by atoms with Gasteiger partial charge in [0.15, 0.2) is 0 Å². The Kier molecular flexibility index (Phi) is 6.63. The molecule has 1 aliphatic heterocycles. The molecule has 1 saturated heterocycles. The number of piperidine rings is 1. The molecule has 0 bridgehead atoms. The van der Waals surface area contributed by atoms with Crippen LogP contribution in [-0.4, -0.2) is 28.9 Å². The molecule has 2 rings (SSSR count). The standard InChI is InChI=1S/C19H27NO3/c1-3-8-16-12-18(21)13-17(9-4-2)20(16)19(22)23-14-15-10-6-5-7-11-15/h5-7,10-11,16-17H,3-4,8-9,12-14H2,1-2H3/t16-,17+. The van der Waals surface area contributed by atoms with Crippen LogP contribution in [0.4, 0.5) is 4.79 Å². The van der Waals surface area contributed by atoms with E-state index in [0.29, 0.717) is 12.8 Å². The van der Waals surface area contributed by atoms with Crippen molar-refractivity contribution in [1.82, 2.24) is 4.90 Å². The molecule has 0 saturated carbocycles. The first kappa shape index (κ1) is 17.5. The van der Waals surface area contributed by atoms with Crippen LogP contribution in [-0.2, 0) is 16.1 Å². The molecule has 0 aromatic heterocycles. The Morgan fingerprint density at radius 1 is 1.09 bits per heavy atom. The van der Waals surface area contributed by atoms with Gasteiger partial charge in [-0.05, 0) is 18.4 Å². The molecule has 0 radical (unpaired) electrons. The molecule has 23 heavy (non-hydrogen) atoms. The third-order valence-electron chi connectivity index (χ3n) is 4.37. The van der Waals surface area contributed by atoms with Gasteiger partial charge >= 0.3 is 6.09 Å². The molecule has 1 aliphatic rings. The van der Waals surface area contributed by atoms with Gasteiger partial charge in [-0.2, -0.15) is 0 Å². The van der Waals surface area contributed by atoms with Gasteiger partial charge in [0.25, 0.3) is 0 Å². The molecule has 1 aromatic carbocycles. The maximum atomic E-state index is 12.6. The van der Waals surface area contributed by atoms with Gasteiger partial charge in [-0.3, -0.25) is 4.79 Å². The fraction of sp³-hybridized carbons (Fsp3) is 0.579. The van der Waals surface area contributed by atoms with E-state index in [1.807, 2.05) is 35.2 Å². The zero-order valence-electron chi connectivity index (χ0n) is 14.2. The summed E-state index contributed by atoms with van der Waals surface area (Å²) in [5, 5.41) is 0. The average molecular weight is 317 g/mol. The summed E-state index contributed by atoms with van der Waals surface area (Å²) >= 11 is 0. The van der Waals surface area contributed by atoms with Crippen molar-refractivity contribution in [2.24, 2.45) is 0 Å². The highest BCUT2D eigenvalue weighted by Crippen LogP contribution is 2.27. The Bertz CT molecular complexity index is 497. The lowest BCUT2D eigenvalue weighted by molar-refractivity contribution is -0.125. The molecule has 2 atom stereocenters. The Hall–Kier alpha value is -1.84. The van der Waals surface area contributed by atoms with Crippen LogP contribution in [0.1, 0.15) is 57.9 Å². The molecule has 4 heteroatoms. The number of hydrogen-bond acceptors (Lipinski definition) is 3. The van der Waals surface area contributed by atoms with E-state index in [9.17, 15) is 9.59 Å². The number of amides is 1. The SMILES string of the molecule is CCC[C@@H]1CC(=O)C[C@H](CCC)N1C(=O)OCc1ccccc1. The lowest BCUT2D eigenvalue weighted by Crippen LogP contribution is -2.52. The summed E-state index contributed by atoms with van der Waals surface area (Å²) in [5.41, 5.74) is 0.980. The first-order valence-electron chi connectivity index (χ1n) is 8.66. The number of nitrogens with zero attached hydrogens (tertiary/aromatic N) is 1. The monoisotopic (exact) mass is 317 g/mol. The third-order valence-corrected chi connectivity index (χ3v) is 4.37. The Morgan fingerprint density at radius 2 is 1.65 bits per heavy atom. The van der Waals surface area contributed by atoms with Gasteiger partial charge in [-0.15, -0.1) is 0 Å². The first-order chi connectivity index (χ1) is 11.2. The van der Waals surface area contributed by atoms with Crippen molar-refractivity contribution in [3.8, 4) is 0 Å². The van der Waals surface area contributed by atoms with Gasteiger partial charge in [-0.1, -0.05) is 57.0 Å². The highest BCUT2D eigenvalue weighted by atomic mass is 16.6. The van der Waals surface area contributed by atoms with Crippen molar-refractivity contribution in [3.63, 3.8) is 0 Å². The first-order valence-corrected chi connectivity index (χ1v) is 8.66. The zero-order chi connectivity index (χ0) is 16.7. The topological polar surface area (TPSA) is 46.6 Å². The van der Waals surface area contributed by atoms with E-state index >= 15 is 0 Å². The maximum Gasteiger partial charge on any atom is 0.410 e. The number of benzene rings is 1. The molecule has 1 fully saturated rings. The van der Waals surface area contributed by atoms with Gasteiger partial charge < -0.3 is 9.64 Å². The number of ketones is 1. The van der Waals surface area contributed by atoms with Crippen LogP contribution < -0.4 is 0 Å². The fourth-order valence-corrected chi connectivity index (χ4v) is 3.34. The number of rotatable bonds is 6. The fourth-order valence-electron chi connectivity index (χ4n) is 3.34. The van der Waals surface area contributed by atoms with Crippen LogP contribution in [0, 0.1) is 0 Å². The van der Waals surface area contributed by atoms with E-state index in [4.69, 9.17) is 4.74 Å². The van der Waals surface area contributed by atoms with Crippen LogP contribution in [0.25, 0.3) is 0 Å². The Morgan fingerprint density at radius 3 is 2.17 bits per heavy atom. The van der Waals surface area contributed by atoms with E-state index in [-0.39, 0.29) is 30.6 Å². The minimum Gasteiger partial charge on any atom is -0.445 e. The summed E-state index contributed by atoms with van der Waals surface area (Å²) in [5.74, 6) is 0.272. The number of likely N-dealkylation sites (tertiary alicyclic amines) is 1. The number of hydrogen-bond donors (Lipinski definition) is 0. The normalized spacial score (nSPS) is 21.3. The third kappa shape index (κ3) is 4.81. The van der Waals surface area contributed by atoms with Crippen molar-refractivity contribution >= 4 is 11.9 Å². The Balaban J connectivity index is 2.06. The molecule has 1 amide bonds. The molecule has 0 unspecified atom stereocenters. The second-order valence-corrected chi connectivity index (χ2v) is 6.28. The predicted molar refractivity (Wildman–Crippen MR) is 90.1 cm³/mol. The van der Waals surface area contributed by atoms with Crippen LogP contribution in [0.5, 0.6) is 0 Å². The summed E-state index contributed by atoms with van der Waals surface area (Å²) in [7, 11) is 0. The van der Waals surface area contributed by atoms with Crippen molar-refractivity contribution in [2.45, 2.75) is 71.1 Å². The van der Waals surface area contributed by atoms with E-state index in [0.717, 1.165) is 31.2 Å². The largest absolute Gasteiger partial charge is 0.445 e. The molecule has 1 aromatic rings. The van der Waals surface area contributed by atoms with Crippen molar-refractivity contribution < 1.29 is 14.3 Å². The Labute approximate surface area is 138 Å². The van der Waals surface area contributed by atoms with Crippen LogP contribution >= 0.6 is 0 Å². The lowest BCUT2D eigenvalue weighted by Gasteiger charge is -2.40. The molecule has 0 spiro atoms. The zero-order valence-corrected chi connectivity index (χ0v) is 14.2. The van der Waals surface area contributed by atoms with Crippen LogP contribution in [0.3, 0.4) is 0 Å². The molecule has 1 heterocycles. The molecule has 0 aliphatic carbocycles. The molecule has 126 valence electrons. The van der Waals surface area contributed by atoms with E-state index in [1.165, 1.54) is 0 Å². The van der Waals surface area contributed by atoms with Gasteiger partial charge in [0.05, 0.1) is 0 Å². The van der Waals surface area contributed by atoms with Gasteiger partial charge in [-0.25, -0.2) is 4.79 Å². The van der Waals surface area contributed by atoms with Crippen molar-refractivity contribution in [2.75, 3.05) is 0 Å². The molecule has 0 N–H and O–H groups in total. The van der Waals surface area contributed by atoms with Crippen molar-refractivity contribution in [3.05, 3.63) is 35.9 Å². The second kappa shape index (κ2) is 8.70. The predicted octanol–water partition coefficient (Wildman–Crippen LogP) is 4.33. The average Bonchev–Trinajstić information content (AvgIpc) is 2.54. The highest BCUT2D eigenvalue weighted by molar-refractivity contribution is 5.83. The van der Waals surface area contributed by atoms with Crippen LogP contribution in [0.15, 0.2) is 30.3 Å². The molecular formula is C19H27NO3. The maximum absolute atomic E-state index is 12.6. The minimum absolute atomic E-state index is 0.0129. The summed E-state index contributed by atoms with van der Waals surface area (Å²) < 4.78 is 5.53.